The number of primary amides is 1. The highest BCUT2D eigenvalue weighted by molar-refractivity contribution is 6.31. The van der Waals surface area contributed by atoms with Crippen LogP contribution in [0.4, 0.5) is 5.69 Å². The molecule has 3 rings (SSSR count). The lowest BCUT2D eigenvalue weighted by Gasteiger charge is -2.36. The molecule has 1 aromatic carbocycles. The topological polar surface area (TPSA) is 97.1 Å². The first-order chi connectivity index (χ1) is 12.1. The fraction of sp³-hybridized carbons (Fsp3) is 0.471. The maximum absolute atomic E-state index is 11.8. The monoisotopic (exact) mass is 367 g/mol. The van der Waals surface area contributed by atoms with Crippen molar-refractivity contribution in [3.63, 3.8) is 0 Å². The number of rotatable bonds is 6. The van der Waals surface area contributed by atoms with Crippen molar-refractivity contribution in [3.05, 3.63) is 40.8 Å². The number of hydrogen-bond donors (Lipinski definition) is 3. The van der Waals surface area contributed by atoms with Gasteiger partial charge in [-0.25, -0.2) is 0 Å². The van der Waals surface area contributed by atoms with Crippen LogP contribution >= 0.6 is 11.6 Å². The van der Waals surface area contributed by atoms with Gasteiger partial charge in [0.05, 0.1) is 6.61 Å². The Kier molecular flexibility index (Phi) is 5.67. The van der Waals surface area contributed by atoms with Gasteiger partial charge < -0.3 is 25.6 Å². The van der Waals surface area contributed by atoms with Crippen LogP contribution in [0.5, 0.6) is 0 Å². The van der Waals surface area contributed by atoms with Gasteiger partial charge in [-0.3, -0.25) is 9.69 Å². The van der Waals surface area contributed by atoms with Crippen LogP contribution in [-0.2, 0) is 20.9 Å². The smallest absolute Gasteiger partial charge is 0.242 e. The Morgan fingerprint density at radius 2 is 2.20 bits per heavy atom. The summed E-state index contributed by atoms with van der Waals surface area (Å²) in [6, 6.07) is 5.15. The number of amides is 1. The summed E-state index contributed by atoms with van der Waals surface area (Å²) in [4.78, 5) is 13.8. The van der Waals surface area contributed by atoms with Gasteiger partial charge in [-0.2, -0.15) is 0 Å². The van der Waals surface area contributed by atoms with E-state index >= 15 is 0 Å². The third-order valence-corrected chi connectivity index (χ3v) is 4.92. The lowest BCUT2D eigenvalue weighted by Crippen LogP contribution is -2.51. The lowest BCUT2D eigenvalue weighted by atomic mass is 10.0. The predicted molar refractivity (Wildman–Crippen MR) is 93.7 cm³/mol. The van der Waals surface area contributed by atoms with Gasteiger partial charge in [0.2, 0.25) is 12.7 Å². The molecule has 0 bridgehead atoms. The molecule has 2 heterocycles. The molecule has 1 aromatic rings. The molecule has 136 valence electrons. The molecule has 7 nitrogen and oxygen atoms in total. The molecule has 8 heteroatoms. The van der Waals surface area contributed by atoms with E-state index < -0.39 is 11.9 Å². The first-order valence-electron chi connectivity index (χ1n) is 8.22. The second-order valence-corrected chi connectivity index (χ2v) is 6.54. The van der Waals surface area contributed by atoms with Gasteiger partial charge in [0, 0.05) is 35.4 Å². The quantitative estimate of drug-likeness (QED) is 0.703. The molecule has 0 spiro atoms. The Bertz CT molecular complexity index is 659. The summed E-state index contributed by atoms with van der Waals surface area (Å²) in [6.07, 6.45) is 3.11. The number of carbonyl (C=O) groups is 1. The highest BCUT2D eigenvalue weighted by Gasteiger charge is 2.34. The largest absolute Gasteiger partial charge is 0.462 e. The lowest BCUT2D eigenvalue weighted by molar-refractivity contribution is -0.123. The van der Waals surface area contributed by atoms with Crippen LogP contribution in [0.15, 0.2) is 30.2 Å². The van der Waals surface area contributed by atoms with Crippen molar-refractivity contribution in [1.29, 1.82) is 0 Å². The number of anilines is 1. The molecule has 4 N–H and O–H groups in total. The number of nitrogens with two attached hydrogens (primary N) is 1. The molecule has 0 radical (unpaired) electrons. The fourth-order valence-corrected chi connectivity index (χ4v) is 3.51. The Hall–Kier alpha value is -1.96. The van der Waals surface area contributed by atoms with Crippen LogP contribution in [0, 0.1) is 0 Å². The average molecular weight is 368 g/mol. The van der Waals surface area contributed by atoms with Gasteiger partial charge in [0.1, 0.15) is 6.26 Å². The molecule has 2 aliphatic rings. The van der Waals surface area contributed by atoms with E-state index in [2.05, 4.69) is 5.32 Å². The van der Waals surface area contributed by atoms with Gasteiger partial charge in [-0.1, -0.05) is 17.7 Å². The maximum Gasteiger partial charge on any atom is 0.242 e. The number of aliphatic hydroxyl groups is 1. The van der Waals surface area contributed by atoms with Crippen LogP contribution < -0.4 is 11.1 Å². The average Bonchev–Trinajstić information content (AvgIpc) is 3.10. The van der Waals surface area contributed by atoms with E-state index in [0.29, 0.717) is 29.4 Å². The zero-order valence-electron chi connectivity index (χ0n) is 13.8. The number of halogens is 1. The number of piperidine rings is 1. The standard InChI is InChI=1S/C17H22ClN3O4/c18-13-2-1-3-14(12(13)8-22)20-11-4-6-21(7-5-11)16(17(19)23)15-9-24-10-25-15/h1-3,9,11,16,20,22H,4-8,10H2,(H2,19,23). The summed E-state index contributed by atoms with van der Waals surface area (Å²) < 4.78 is 10.4. The van der Waals surface area contributed by atoms with Crippen LogP contribution in [-0.4, -0.2) is 47.9 Å². The van der Waals surface area contributed by atoms with Crippen molar-refractivity contribution in [2.24, 2.45) is 5.73 Å². The van der Waals surface area contributed by atoms with Crippen LogP contribution in [0.25, 0.3) is 0 Å². The molecule has 1 saturated heterocycles. The van der Waals surface area contributed by atoms with E-state index in [-0.39, 0.29) is 19.4 Å². The number of ether oxygens (including phenoxy) is 2. The van der Waals surface area contributed by atoms with Crippen LogP contribution in [0.2, 0.25) is 5.02 Å². The number of likely N-dealkylation sites (tertiary alicyclic amines) is 1. The molecule has 0 aromatic heterocycles. The van der Waals surface area contributed by atoms with Gasteiger partial charge >= 0.3 is 0 Å². The second-order valence-electron chi connectivity index (χ2n) is 6.13. The normalized spacial score (nSPS) is 19.7. The summed E-state index contributed by atoms with van der Waals surface area (Å²) >= 11 is 6.13. The Morgan fingerprint density at radius 3 is 2.80 bits per heavy atom. The third-order valence-electron chi connectivity index (χ3n) is 4.56. The zero-order chi connectivity index (χ0) is 17.8. The van der Waals surface area contributed by atoms with Crippen LogP contribution in [0.3, 0.4) is 0 Å². The molecule has 2 aliphatic heterocycles. The van der Waals surface area contributed by atoms with Gasteiger partial charge in [-0.05, 0) is 25.0 Å². The maximum atomic E-state index is 11.8. The molecular formula is C17H22ClN3O4. The number of benzene rings is 1. The Balaban J connectivity index is 1.62. The number of nitrogens with one attached hydrogen (secondary N) is 1. The minimum Gasteiger partial charge on any atom is -0.462 e. The summed E-state index contributed by atoms with van der Waals surface area (Å²) in [5.74, 6) is 0.0249. The first kappa shape index (κ1) is 17.8. The zero-order valence-corrected chi connectivity index (χ0v) is 14.5. The second kappa shape index (κ2) is 7.95. The van der Waals surface area contributed by atoms with Crippen molar-refractivity contribution >= 4 is 23.2 Å². The summed E-state index contributed by atoms with van der Waals surface area (Å²) in [7, 11) is 0. The number of nitrogens with zero attached hydrogens (tertiary/aromatic N) is 1. The van der Waals surface area contributed by atoms with E-state index in [4.69, 9.17) is 26.8 Å². The SMILES string of the molecule is NC(=O)C(C1=COCO1)N1CCC(Nc2cccc(Cl)c2CO)CC1. The predicted octanol–water partition coefficient (Wildman–Crippen LogP) is 1.41. The van der Waals surface area contributed by atoms with Crippen LogP contribution in [0.1, 0.15) is 18.4 Å². The highest BCUT2D eigenvalue weighted by atomic mass is 35.5. The fourth-order valence-electron chi connectivity index (χ4n) is 3.27. The van der Waals surface area contributed by atoms with E-state index in [0.717, 1.165) is 18.5 Å². The molecule has 25 heavy (non-hydrogen) atoms. The molecule has 1 amide bonds. The van der Waals surface area contributed by atoms with Gasteiger partial charge in [0.15, 0.2) is 11.8 Å². The van der Waals surface area contributed by atoms with Crippen molar-refractivity contribution < 1.29 is 19.4 Å². The number of aliphatic hydroxyl groups excluding tert-OH is 1. The van der Waals surface area contributed by atoms with E-state index in [9.17, 15) is 9.90 Å². The van der Waals surface area contributed by atoms with E-state index in [1.54, 1.807) is 6.07 Å². The van der Waals surface area contributed by atoms with E-state index in [1.807, 2.05) is 17.0 Å². The molecular weight excluding hydrogens is 346 g/mol. The summed E-state index contributed by atoms with van der Waals surface area (Å²) in [5.41, 5.74) is 7.09. The highest BCUT2D eigenvalue weighted by Crippen LogP contribution is 2.27. The van der Waals surface area contributed by atoms with E-state index in [1.165, 1.54) is 6.26 Å². The Morgan fingerprint density at radius 1 is 1.44 bits per heavy atom. The molecule has 0 saturated carbocycles. The molecule has 1 fully saturated rings. The minimum absolute atomic E-state index is 0.115. The number of hydrogen-bond acceptors (Lipinski definition) is 6. The summed E-state index contributed by atoms with van der Waals surface area (Å²) in [6.45, 7) is 1.40. The van der Waals surface area contributed by atoms with Crippen molar-refractivity contribution in [1.82, 2.24) is 4.90 Å². The van der Waals surface area contributed by atoms with Crippen molar-refractivity contribution in [2.45, 2.75) is 31.5 Å². The van der Waals surface area contributed by atoms with Gasteiger partial charge in [-0.15, -0.1) is 0 Å². The number of carbonyl (C=O) groups excluding carboxylic acids is 1. The van der Waals surface area contributed by atoms with Crippen molar-refractivity contribution in [2.75, 3.05) is 25.2 Å². The molecule has 1 atom stereocenters. The first-order valence-corrected chi connectivity index (χ1v) is 8.60. The van der Waals surface area contributed by atoms with Crippen molar-refractivity contribution in [3.8, 4) is 0 Å². The molecule has 0 aliphatic carbocycles. The summed E-state index contributed by atoms with van der Waals surface area (Å²) in [5, 5.41) is 13.5. The minimum atomic E-state index is -0.595. The molecule has 1 unspecified atom stereocenters. The third kappa shape index (κ3) is 4.00. The van der Waals surface area contributed by atoms with Gasteiger partial charge in [0.25, 0.3) is 0 Å². The Labute approximate surface area is 151 Å².